The van der Waals surface area contributed by atoms with Gasteiger partial charge < -0.3 is 4.74 Å². The first-order valence-electron chi connectivity index (χ1n) is 8.26. The second-order valence-electron chi connectivity index (χ2n) is 6.40. The summed E-state index contributed by atoms with van der Waals surface area (Å²) in [5.74, 6) is 0.839. The molecule has 0 aliphatic carbocycles. The van der Waals surface area contributed by atoms with E-state index in [1.807, 2.05) is 43.0 Å². The molecule has 4 aromatic rings. The van der Waals surface area contributed by atoms with Crippen LogP contribution in [0.1, 0.15) is 22.5 Å². The van der Waals surface area contributed by atoms with Crippen molar-refractivity contribution in [3.63, 3.8) is 0 Å². The Balaban J connectivity index is 1.69. The normalized spacial score (nSPS) is 13.5. The molecule has 0 saturated heterocycles. The lowest BCUT2D eigenvalue weighted by Gasteiger charge is -2.09. The quantitative estimate of drug-likeness (QED) is 0.566. The zero-order chi connectivity index (χ0) is 17.0. The van der Waals surface area contributed by atoms with Gasteiger partial charge in [0, 0.05) is 29.5 Å². The van der Waals surface area contributed by atoms with E-state index in [2.05, 4.69) is 37.8 Å². The van der Waals surface area contributed by atoms with E-state index >= 15 is 0 Å². The summed E-state index contributed by atoms with van der Waals surface area (Å²) in [5, 5.41) is 4.49. The third-order valence-corrected chi connectivity index (χ3v) is 4.64. The maximum absolute atomic E-state index is 5.53. The van der Waals surface area contributed by atoms with Gasteiger partial charge in [0.2, 0.25) is 0 Å². The van der Waals surface area contributed by atoms with Crippen molar-refractivity contribution >= 4 is 5.65 Å². The Morgan fingerprint density at radius 3 is 2.88 bits per heavy atom. The highest BCUT2D eigenvalue weighted by molar-refractivity contribution is 5.74. The molecule has 6 nitrogen and oxygen atoms in total. The molecule has 4 heterocycles. The van der Waals surface area contributed by atoms with Gasteiger partial charge in [-0.25, -0.2) is 14.5 Å². The first-order chi connectivity index (χ1) is 12.2. The monoisotopic (exact) mass is 331 g/mol. The van der Waals surface area contributed by atoms with Gasteiger partial charge in [-0.05, 0) is 43.2 Å². The molecule has 0 N–H and O–H groups in total. The van der Waals surface area contributed by atoms with E-state index in [1.165, 1.54) is 11.1 Å². The summed E-state index contributed by atoms with van der Waals surface area (Å²) >= 11 is 0. The molecule has 0 fully saturated rings. The number of hydrogen-bond donors (Lipinski definition) is 0. The Bertz CT molecular complexity index is 1110. The lowest BCUT2D eigenvalue weighted by Crippen LogP contribution is -2.00. The van der Waals surface area contributed by atoms with Crippen LogP contribution in [0.4, 0.5) is 0 Å². The van der Waals surface area contributed by atoms with E-state index in [0.29, 0.717) is 13.2 Å². The minimum absolute atomic E-state index is 0.670. The van der Waals surface area contributed by atoms with Crippen molar-refractivity contribution in [2.45, 2.75) is 27.1 Å². The maximum Gasteiger partial charge on any atom is 0.166 e. The van der Waals surface area contributed by atoms with Gasteiger partial charge in [-0.3, -0.25) is 4.57 Å². The van der Waals surface area contributed by atoms with Gasteiger partial charge >= 0.3 is 0 Å². The van der Waals surface area contributed by atoms with E-state index in [4.69, 9.17) is 4.74 Å². The van der Waals surface area contributed by atoms with E-state index in [1.54, 1.807) is 0 Å². The number of benzene rings is 1. The highest BCUT2D eigenvalue weighted by Gasteiger charge is 2.17. The third-order valence-electron chi connectivity index (χ3n) is 4.64. The zero-order valence-electron chi connectivity index (χ0n) is 14.1. The Morgan fingerprint density at radius 2 is 1.96 bits per heavy atom. The molecule has 124 valence electrons. The van der Waals surface area contributed by atoms with Crippen LogP contribution < -0.4 is 0 Å². The standard InChI is InChI=1S/C19H17N5O/c1-12-7-13(2)24-19(22-12)17(9-21-24)18-20-5-6-23(18)16-4-3-14-10-25-11-15(14)8-16/h3-9H,10-11H2,1-2H3. The molecule has 0 unspecified atom stereocenters. The molecule has 0 amide bonds. The van der Waals surface area contributed by atoms with Crippen LogP contribution in [0, 0.1) is 13.8 Å². The molecule has 0 spiro atoms. The number of nitrogens with zero attached hydrogens (tertiary/aromatic N) is 5. The summed E-state index contributed by atoms with van der Waals surface area (Å²) in [6.45, 7) is 5.40. The Morgan fingerprint density at radius 1 is 1.08 bits per heavy atom. The van der Waals surface area contributed by atoms with Crippen LogP contribution in [0.25, 0.3) is 22.7 Å². The van der Waals surface area contributed by atoms with Crippen LogP contribution in [-0.2, 0) is 18.0 Å². The molecule has 0 saturated carbocycles. The molecule has 1 aliphatic rings. The lowest BCUT2D eigenvalue weighted by molar-refractivity contribution is 0.134. The average molecular weight is 331 g/mol. The molecule has 5 rings (SSSR count). The SMILES string of the molecule is Cc1cc(C)n2ncc(-c3nccn3-c3ccc4c(c3)COC4)c2n1. The highest BCUT2D eigenvalue weighted by Crippen LogP contribution is 2.28. The van der Waals surface area contributed by atoms with Gasteiger partial charge in [0.15, 0.2) is 5.65 Å². The van der Waals surface area contributed by atoms with Gasteiger partial charge in [-0.2, -0.15) is 5.10 Å². The van der Waals surface area contributed by atoms with Crippen molar-refractivity contribution in [2.24, 2.45) is 0 Å². The third kappa shape index (κ3) is 2.18. The smallest absolute Gasteiger partial charge is 0.166 e. The first kappa shape index (κ1) is 14.4. The maximum atomic E-state index is 5.53. The lowest BCUT2D eigenvalue weighted by atomic mass is 10.1. The number of ether oxygens (including phenoxy) is 1. The Hall–Kier alpha value is -2.99. The molecular weight excluding hydrogens is 314 g/mol. The zero-order valence-corrected chi connectivity index (χ0v) is 14.1. The van der Waals surface area contributed by atoms with Gasteiger partial charge in [-0.1, -0.05) is 6.07 Å². The van der Waals surface area contributed by atoms with Gasteiger partial charge in [0.1, 0.15) is 5.82 Å². The highest BCUT2D eigenvalue weighted by atomic mass is 16.5. The van der Waals surface area contributed by atoms with Gasteiger partial charge in [0.25, 0.3) is 0 Å². The molecule has 25 heavy (non-hydrogen) atoms. The minimum Gasteiger partial charge on any atom is -0.372 e. The topological polar surface area (TPSA) is 57.2 Å². The largest absolute Gasteiger partial charge is 0.372 e. The van der Waals surface area contributed by atoms with Crippen LogP contribution in [0.5, 0.6) is 0 Å². The van der Waals surface area contributed by atoms with Gasteiger partial charge in [-0.15, -0.1) is 0 Å². The molecule has 0 atom stereocenters. The predicted octanol–water partition coefficient (Wildman–Crippen LogP) is 3.23. The van der Waals surface area contributed by atoms with Crippen molar-refractivity contribution in [2.75, 3.05) is 0 Å². The second kappa shape index (κ2) is 5.26. The number of hydrogen-bond acceptors (Lipinski definition) is 4. The second-order valence-corrected chi connectivity index (χ2v) is 6.40. The summed E-state index contributed by atoms with van der Waals surface area (Å²) in [6, 6.07) is 8.43. The van der Waals surface area contributed by atoms with E-state index in [9.17, 15) is 0 Å². The molecule has 0 radical (unpaired) electrons. The number of imidazole rings is 1. The van der Waals surface area contributed by atoms with Crippen LogP contribution >= 0.6 is 0 Å². The summed E-state index contributed by atoms with van der Waals surface area (Å²) in [5.41, 5.74) is 7.35. The Kier molecular flexibility index (Phi) is 3.02. The fourth-order valence-corrected chi connectivity index (χ4v) is 3.45. The summed E-state index contributed by atoms with van der Waals surface area (Å²) in [4.78, 5) is 9.25. The number of rotatable bonds is 2. The van der Waals surface area contributed by atoms with Crippen LogP contribution in [0.3, 0.4) is 0 Å². The van der Waals surface area contributed by atoms with Crippen molar-refractivity contribution < 1.29 is 4.74 Å². The molecular formula is C19H17N5O. The molecule has 0 bridgehead atoms. The molecule has 1 aliphatic heterocycles. The van der Waals surface area contributed by atoms with Crippen LogP contribution in [0.15, 0.2) is 42.9 Å². The van der Waals surface area contributed by atoms with Crippen molar-refractivity contribution in [1.82, 2.24) is 24.1 Å². The molecule has 6 heteroatoms. The molecule has 3 aromatic heterocycles. The van der Waals surface area contributed by atoms with Crippen molar-refractivity contribution in [1.29, 1.82) is 0 Å². The number of aromatic nitrogens is 5. The minimum atomic E-state index is 0.670. The van der Waals surface area contributed by atoms with Crippen molar-refractivity contribution in [3.8, 4) is 17.1 Å². The molecule has 1 aromatic carbocycles. The van der Waals surface area contributed by atoms with Crippen LogP contribution in [0.2, 0.25) is 0 Å². The number of aryl methyl sites for hydroxylation is 2. The number of fused-ring (bicyclic) bond motifs is 2. The van der Waals surface area contributed by atoms with Gasteiger partial charge in [0.05, 0.1) is 25.0 Å². The fourth-order valence-electron chi connectivity index (χ4n) is 3.45. The predicted molar refractivity (Wildman–Crippen MR) is 93.5 cm³/mol. The van der Waals surface area contributed by atoms with E-state index in [0.717, 1.165) is 34.1 Å². The summed E-state index contributed by atoms with van der Waals surface area (Å²) in [7, 11) is 0. The summed E-state index contributed by atoms with van der Waals surface area (Å²) in [6.07, 6.45) is 5.62. The Labute approximate surface area is 144 Å². The van der Waals surface area contributed by atoms with Crippen molar-refractivity contribution in [3.05, 3.63) is 65.4 Å². The van der Waals surface area contributed by atoms with E-state index < -0.39 is 0 Å². The average Bonchev–Trinajstić information content (AvgIpc) is 3.32. The van der Waals surface area contributed by atoms with Crippen LogP contribution in [-0.4, -0.2) is 24.1 Å². The fraction of sp³-hybridized carbons (Fsp3) is 0.211. The first-order valence-corrected chi connectivity index (χ1v) is 8.26. The van der Waals surface area contributed by atoms with E-state index in [-0.39, 0.29) is 0 Å². The summed E-state index contributed by atoms with van der Waals surface area (Å²) < 4.78 is 9.46.